The Hall–Kier alpha value is -2.83. The zero-order valence-electron chi connectivity index (χ0n) is 19.7. The molecular weight excluding hydrogens is 452 g/mol. The molecule has 0 spiro atoms. The first-order chi connectivity index (χ1) is 16.4. The SMILES string of the molecule is CC(C)=C1Oc2cccc(OCCCC(=O)N3CCC(NCc4ccc(Cl)cc4)CC3)c2C1=O. The van der Waals surface area contributed by atoms with Gasteiger partial charge in [0.25, 0.3) is 0 Å². The van der Waals surface area contributed by atoms with Gasteiger partial charge in [0.05, 0.1) is 6.61 Å². The number of hydrogen-bond acceptors (Lipinski definition) is 5. The molecule has 2 heterocycles. The van der Waals surface area contributed by atoms with Gasteiger partial charge in [-0.25, -0.2) is 0 Å². The van der Waals surface area contributed by atoms with Crippen LogP contribution in [-0.2, 0) is 11.3 Å². The average Bonchev–Trinajstić information content (AvgIpc) is 3.19. The highest BCUT2D eigenvalue weighted by Crippen LogP contribution is 2.38. The highest BCUT2D eigenvalue weighted by atomic mass is 35.5. The van der Waals surface area contributed by atoms with Crippen molar-refractivity contribution in [1.29, 1.82) is 0 Å². The van der Waals surface area contributed by atoms with Crippen molar-refractivity contribution < 1.29 is 19.1 Å². The minimum absolute atomic E-state index is 0.144. The molecule has 180 valence electrons. The zero-order valence-corrected chi connectivity index (χ0v) is 20.5. The second kappa shape index (κ2) is 11.1. The van der Waals surface area contributed by atoms with Gasteiger partial charge in [0.15, 0.2) is 5.76 Å². The standard InChI is InChI=1S/C27H31ClN2O4/c1-18(2)27-26(32)25-22(5-3-6-23(25)34-27)33-16-4-7-24(31)30-14-12-21(13-15-30)29-17-19-8-10-20(28)11-9-19/h3,5-6,8-11,21,29H,4,7,12-17H2,1-2H3. The smallest absolute Gasteiger partial charge is 0.235 e. The third kappa shape index (κ3) is 5.80. The fourth-order valence-electron chi connectivity index (χ4n) is 4.30. The van der Waals surface area contributed by atoms with Crippen LogP contribution in [0.3, 0.4) is 0 Å². The van der Waals surface area contributed by atoms with E-state index >= 15 is 0 Å². The first-order valence-electron chi connectivity index (χ1n) is 11.8. The van der Waals surface area contributed by atoms with E-state index in [-0.39, 0.29) is 11.7 Å². The molecule has 0 radical (unpaired) electrons. The van der Waals surface area contributed by atoms with Crippen LogP contribution < -0.4 is 14.8 Å². The fourth-order valence-corrected chi connectivity index (χ4v) is 4.43. The number of nitrogens with zero attached hydrogens (tertiary/aromatic N) is 1. The van der Waals surface area contributed by atoms with Crippen LogP contribution >= 0.6 is 11.6 Å². The molecule has 2 aromatic rings. The summed E-state index contributed by atoms with van der Waals surface area (Å²) in [5.41, 5.74) is 2.51. The minimum Gasteiger partial charge on any atom is -0.493 e. The van der Waals surface area contributed by atoms with E-state index in [2.05, 4.69) is 5.32 Å². The topological polar surface area (TPSA) is 67.9 Å². The summed E-state index contributed by atoms with van der Waals surface area (Å²) in [6.45, 7) is 6.41. The van der Waals surface area contributed by atoms with Gasteiger partial charge in [0.1, 0.15) is 17.1 Å². The molecule has 1 amide bonds. The highest BCUT2D eigenvalue weighted by Gasteiger charge is 2.31. The molecule has 1 N–H and O–H groups in total. The number of piperidine rings is 1. The number of fused-ring (bicyclic) bond motifs is 1. The maximum absolute atomic E-state index is 12.6. The second-order valence-corrected chi connectivity index (χ2v) is 9.44. The number of benzene rings is 2. The lowest BCUT2D eigenvalue weighted by Gasteiger charge is -2.32. The Balaban J connectivity index is 1.18. The van der Waals surface area contributed by atoms with Crippen molar-refractivity contribution in [2.24, 2.45) is 0 Å². The summed E-state index contributed by atoms with van der Waals surface area (Å²) in [5.74, 6) is 1.42. The third-order valence-electron chi connectivity index (χ3n) is 6.24. The summed E-state index contributed by atoms with van der Waals surface area (Å²) < 4.78 is 11.6. The maximum atomic E-state index is 12.6. The predicted octanol–water partition coefficient (Wildman–Crippen LogP) is 5.15. The van der Waals surface area contributed by atoms with Crippen LogP contribution in [0.4, 0.5) is 0 Å². The number of allylic oxidation sites excluding steroid dienone is 2. The predicted molar refractivity (Wildman–Crippen MR) is 132 cm³/mol. The Bertz CT molecular complexity index is 1070. The molecule has 4 rings (SSSR count). The maximum Gasteiger partial charge on any atom is 0.235 e. The molecule has 0 aliphatic carbocycles. The van der Waals surface area contributed by atoms with Gasteiger partial charge in [0, 0.05) is 37.1 Å². The van der Waals surface area contributed by atoms with E-state index in [1.165, 1.54) is 5.56 Å². The number of halogens is 1. The summed E-state index contributed by atoms with van der Waals surface area (Å²) in [6, 6.07) is 13.6. The molecule has 1 fully saturated rings. The molecule has 0 bridgehead atoms. The van der Waals surface area contributed by atoms with Gasteiger partial charge in [-0.15, -0.1) is 0 Å². The van der Waals surface area contributed by atoms with Crippen molar-refractivity contribution in [3.63, 3.8) is 0 Å². The lowest BCUT2D eigenvalue weighted by molar-refractivity contribution is -0.132. The molecule has 0 aromatic heterocycles. The van der Waals surface area contributed by atoms with Gasteiger partial charge < -0.3 is 19.7 Å². The van der Waals surface area contributed by atoms with Crippen molar-refractivity contribution in [3.8, 4) is 11.5 Å². The highest BCUT2D eigenvalue weighted by molar-refractivity contribution is 6.30. The summed E-state index contributed by atoms with van der Waals surface area (Å²) in [6.07, 6.45) is 2.92. The van der Waals surface area contributed by atoms with Crippen molar-refractivity contribution in [3.05, 3.63) is 69.9 Å². The van der Waals surface area contributed by atoms with Crippen molar-refractivity contribution in [2.45, 2.75) is 52.1 Å². The van der Waals surface area contributed by atoms with Crippen molar-refractivity contribution in [2.75, 3.05) is 19.7 Å². The van der Waals surface area contributed by atoms with Crippen LogP contribution in [0.25, 0.3) is 0 Å². The fraction of sp³-hybridized carbons (Fsp3) is 0.407. The number of ketones is 1. The molecule has 2 aromatic carbocycles. The number of carbonyl (C=O) groups excluding carboxylic acids is 2. The van der Waals surface area contributed by atoms with Crippen molar-refractivity contribution in [1.82, 2.24) is 10.2 Å². The van der Waals surface area contributed by atoms with Gasteiger partial charge in [-0.1, -0.05) is 29.8 Å². The Morgan fingerprint density at radius 2 is 1.88 bits per heavy atom. The number of ether oxygens (including phenoxy) is 2. The largest absolute Gasteiger partial charge is 0.493 e. The first-order valence-corrected chi connectivity index (χ1v) is 12.2. The molecule has 2 aliphatic heterocycles. The molecule has 1 saturated heterocycles. The van der Waals surface area contributed by atoms with Gasteiger partial charge in [-0.05, 0) is 68.5 Å². The van der Waals surface area contributed by atoms with E-state index in [0.717, 1.165) is 43.1 Å². The van der Waals surface area contributed by atoms with Gasteiger partial charge in [-0.2, -0.15) is 0 Å². The lowest BCUT2D eigenvalue weighted by Crippen LogP contribution is -2.44. The van der Waals surface area contributed by atoms with Crippen LogP contribution in [0.15, 0.2) is 53.8 Å². The number of likely N-dealkylation sites (tertiary alicyclic amines) is 1. The van der Waals surface area contributed by atoms with Crippen LogP contribution in [0.2, 0.25) is 5.02 Å². The lowest BCUT2D eigenvalue weighted by atomic mass is 10.0. The average molecular weight is 483 g/mol. The number of rotatable bonds is 8. The van der Waals surface area contributed by atoms with E-state index in [1.54, 1.807) is 12.1 Å². The number of amides is 1. The van der Waals surface area contributed by atoms with Crippen LogP contribution in [0.5, 0.6) is 11.5 Å². The Labute approximate surface area is 205 Å². The third-order valence-corrected chi connectivity index (χ3v) is 6.49. The number of carbonyl (C=O) groups is 2. The normalized spacial score (nSPS) is 15.8. The Morgan fingerprint density at radius 1 is 1.15 bits per heavy atom. The summed E-state index contributed by atoms with van der Waals surface area (Å²) in [5, 5.41) is 4.32. The molecule has 2 aliphatic rings. The van der Waals surface area contributed by atoms with E-state index in [1.807, 2.05) is 49.1 Å². The molecule has 34 heavy (non-hydrogen) atoms. The van der Waals surface area contributed by atoms with E-state index in [4.69, 9.17) is 21.1 Å². The van der Waals surface area contributed by atoms with Gasteiger partial charge >= 0.3 is 0 Å². The summed E-state index contributed by atoms with van der Waals surface area (Å²) in [4.78, 5) is 27.2. The first kappa shape index (κ1) is 24.3. The molecular formula is C27H31ClN2O4. The van der Waals surface area contributed by atoms with Crippen LogP contribution in [0.1, 0.15) is 55.5 Å². The van der Waals surface area contributed by atoms with Crippen LogP contribution in [0, 0.1) is 0 Å². The number of Topliss-reactive ketones (excluding diaryl/α,β-unsaturated/α-hetero) is 1. The van der Waals surface area contributed by atoms with Crippen LogP contribution in [-0.4, -0.2) is 42.3 Å². The van der Waals surface area contributed by atoms with E-state index in [0.29, 0.717) is 48.3 Å². The zero-order chi connectivity index (χ0) is 24.1. The van der Waals surface area contributed by atoms with Gasteiger partial charge in [-0.3, -0.25) is 9.59 Å². The number of nitrogens with one attached hydrogen (secondary N) is 1. The van der Waals surface area contributed by atoms with Gasteiger partial charge in [0.2, 0.25) is 11.7 Å². The summed E-state index contributed by atoms with van der Waals surface area (Å²) in [7, 11) is 0. The molecule has 7 heteroatoms. The van der Waals surface area contributed by atoms with E-state index in [9.17, 15) is 9.59 Å². The minimum atomic E-state index is -0.144. The quantitative estimate of drug-likeness (QED) is 0.416. The Kier molecular flexibility index (Phi) is 7.91. The summed E-state index contributed by atoms with van der Waals surface area (Å²) >= 11 is 5.94. The Morgan fingerprint density at radius 3 is 2.59 bits per heavy atom. The molecule has 0 unspecified atom stereocenters. The second-order valence-electron chi connectivity index (χ2n) is 9.00. The molecule has 0 saturated carbocycles. The molecule has 6 nitrogen and oxygen atoms in total. The number of hydrogen-bond donors (Lipinski definition) is 1. The monoisotopic (exact) mass is 482 g/mol. The van der Waals surface area contributed by atoms with Crippen molar-refractivity contribution >= 4 is 23.3 Å². The molecule has 0 atom stereocenters. The van der Waals surface area contributed by atoms with E-state index < -0.39 is 0 Å².